The van der Waals surface area contributed by atoms with Crippen LogP contribution in [0.1, 0.15) is 22.9 Å². The van der Waals surface area contributed by atoms with E-state index in [1.165, 1.54) is 18.2 Å². The zero-order chi connectivity index (χ0) is 28.6. The third-order valence-corrected chi connectivity index (χ3v) is 7.22. The molecule has 15 heteroatoms. The van der Waals surface area contributed by atoms with Crippen molar-refractivity contribution in [1.29, 1.82) is 0 Å². The molecule has 0 bridgehead atoms. The molecular weight excluding hydrogens is 577 g/mol. The first-order valence-corrected chi connectivity index (χ1v) is 12.3. The quantitative estimate of drug-likeness (QED) is 0.261. The number of carbonyl (C=O) groups is 1. The zero-order valence-corrected chi connectivity index (χ0v) is 23.2. The van der Waals surface area contributed by atoms with Gasteiger partial charge in [0.1, 0.15) is 11.3 Å². The van der Waals surface area contributed by atoms with Crippen LogP contribution in [0.2, 0.25) is 0 Å². The van der Waals surface area contributed by atoms with E-state index in [0.717, 1.165) is 60.8 Å². The monoisotopic (exact) mass is 594 g/mol. The number of aromatic carboxylic acids is 1. The van der Waals surface area contributed by atoms with E-state index in [-0.39, 0.29) is 52.9 Å². The summed E-state index contributed by atoms with van der Waals surface area (Å²) in [5.74, 6) is -2.95. The largest absolute Gasteiger partial charge is 1.00 e. The fraction of sp³-hybridized carbons (Fsp3) is 0.120. The summed E-state index contributed by atoms with van der Waals surface area (Å²) < 4.78 is 112. The average Bonchev–Trinajstić information content (AvgIpc) is 2.86. The minimum Gasteiger partial charge on any atom is -1.00 e. The maximum atomic E-state index is 14.4. The molecule has 4 aromatic rings. The number of nitrogens with zero attached hydrogens (tertiary/aromatic N) is 2. The second-order valence-corrected chi connectivity index (χ2v) is 9.94. The summed E-state index contributed by atoms with van der Waals surface area (Å²) >= 11 is 0. The number of carboxylic acid groups (broad SMARTS) is 1. The van der Waals surface area contributed by atoms with Gasteiger partial charge in [-0.2, -0.15) is 13.2 Å². The second kappa shape index (κ2) is 11.6. The van der Waals surface area contributed by atoms with E-state index in [9.17, 15) is 39.6 Å². The van der Waals surface area contributed by atoms with Crippen molar-refractivity contribution in [3.8, 4) is 5.75 Å². The summed E-state index contributed by atoms with van der Waals surface area (Å²) in [6.07, 6.45) is -8.99. The molecule has 0 saturated heterocycles. The third kappa shape index (κ3) is 6.86. The van der Waals surface area contributed by atoms with Gasteiger partial charge in [-0.25, -0.2) is 22.5 Å². The van der Waals surface area contributed by atoms with Gasteiger partial charge in [0, 0.05) is 11.6 Å². The number of hydrogen-bond donors (Lipinski definition) is 1. The molecule has 0 aliphatic heterocycles. The number of carboxylic acids is 1. The van der Waals surface area contributed by atoms with Gasteiger partial charge < -0.3 is 11.3 Å². The number of rotatable bonds is 7. The Morgan fingerprint density at radius 1 is 0.925 bits per heavy atom. The Morgan fingerprint density at radius 3 is 2.08 bits per heavy atom. The molecule has 1 N–H and O–H groups in total. The first-order valence-electron chi connectivity index (χ1n) is 10.8. The van der Waals surface area contributed by atoms with Gasteiger partial charge in [0.15, 0.2) is 5.82 Å². The molecule has 4 rings (SSSR count). The first kappa shape index (κ1) is 31.2. The summed E-state index contributed by atoms with van der Waals surface area (Å²) in [6, 6.07) is 13.0. The van der Waals surface area contributed by atoms with Gasteiger partial charge in [-0.15, -0.1) is 13.2 Å². The van der Waals surface area contributed by atoms with Crippen LogP contribution in [0.15, 0.2) is 83.9 Å². The van der Waals surface area contributed by atoms with Gasteiger partial charge in [0.05, 0.1) is 17.0 Å². The van der Waals surface area contributed by atoms with Gasteiger partial charge in [-0.1, -0.05) is 36.4 Å². The molecule has 0 atom stereocenters. The molecule has 0 unspecified atom stereocenters. The van der Waals surface area contributed by atoms with Crippen LogP contribution < -0.4 is 38.6 Å². The fourth-order valence-corrected chi connectivity index (χ4v) is 5.17. The molecule has 0 saturated carbocycles. The van der Waals surface area contributed by atoms with Gasteiger partial charge in [0.25, 0.3) is 10.0 Å². The normalized spacial score (nSPS) is 12.1. The molecule has 206 valence electrons. The van der Waals surface area contributed by atoms with Crippen LogP contribution in [0, 0.1) is 0 Å². The van der Waals surface area contributed by atoms with Crippen molar-refractivity contribution in [2.45, 2.75) is 24.0 Å². The van der Waals surface area contributed by atoms with Gasteiger partial charge in [-0.3, -0.25) is 0 Å². The number of halogens is 6. The fourth-order valence-electron chi connectivity index (χ4n) is 3.75. The van der Waals surface area contributed by atoms with E-state index in [1.807, 2.05) is 0 Å². The SMILES string of the molecule is O=C(O)c1ccc(S(=O)(=O)N(Cc2ccc(OC(F)(F)F)cc2)c2ncc3ccccc3c2C(F)(F)F)cc1.[H-].[Na+]. The van der Waals surface area contributed by atoms with Crippen LogP contribution in [-0.2, 0) is 22.7 Å². The molecule has 0 amide bonds. The van der Waals surface area contributed by atoms with Crippen molar-refractivity contribution in [2.24, 2.45) is 0 Å². The van der Waals surface area contributed by atoms with Crippen molar-refractivity contribution in [1.82, 2.24) is 4.98 Å². The molecular formula is C25H17F6N2NaO5S. The Morgan fingerprint density at radius 2 is 1.52 bits per heavy atom. The molecule has 1 aromatic heterocycles. The Balaban J connectivity index is 0.00000294. The second-order valence-electron chi connectivity index (χ2n) is 8.07. The summed E-state index contributed by atoms with van der Waals surface area (Å²) in [6.45, 7) is -0.760. The van der Waals surface area contributed by atoms with Crippen LogP contribution in [0.5, 0.6) is 5.75 Å². The number of benzene rings is 3. The molecule has 40 heavy (non-hydrogen) atoms. The van der Waals surface area contributed by atoms with E-state index in [4.69, 9.17) is 5.11 Å². The van der Waals surface area contributed by atoms with Gasteiger partial charge >= 0.3 is 48.1 Å². The van der Waals surface area contributed by atoms with Crippen LogP contribution in [-0.4, -0.2) is 30.8 Å². The molecule has 0 radical (unpaired) electrons. The summed E-state index contributed by atoms with van der Waals surface area (Å²) in [7, 11) is -4.82. The zero-order valence-electron chi connectivity index (χ0n) is 21.4. The standard InChI is InChI=1S/C25H16F6N2O5S.Na.H/c26-24(27,28)21-20-4-2-1-3-17(20)13-32-22(21)33(14-15-5-9-18(10-6-15)38-25(29,30)31)39(36,37)19-11-7-16(8-12-19)23(34)35;;/h1-13H,14H2,(H,34,35);;/q;+1;-1. The van der Waals surface area contributed by atoms with Crippen molar-refractivity contribution >= 4 is 32.6 Å². The topological polar surface area (TPSA) is 96.8 Å². The number of hydrogen-bond acceptors (Lipinski definition) is 5. The smallest absolute Gasteiger partial charge is 1.00 e. The van der Waals surface area contributed by atoms with Crippen LogP contribution >= 0.6 is 0 Å². The molecule has 0 aliphatic rings. The minimum absolute atomic E-state index is 0. The third-order valence-electron chi connectivity index (χ3n) is 5.47. The van der Waals surface area contributed by atoms with Gasteiger partial charge in [0.2, 0.25) is 0 Å². The molecule has 7 nitrogen and oxygen atoms in total. The summed E-state index contributed by atoms with van der Waals surface area (Å²) in [5.41, 5.74) is -1.60. The average molecular weight is 594 g/mol. The van der Waals surface area contributed by atoms with Crippen LogP contribution in [0.4, 0.5) is 32.2 Å². The number of anilines is 1. The molecule has 3 aromatic carbocycles. The Labute approximate surface area is 246 Å². The number of fused-ring (bicyclic) bond motifs is 1. The van der Waals surface area contributed by atoms with E-state index >= 15 is 0 Å². The Hall–Kier alpha value is -3.33. The number of ether oxygens (including phenoxy) is 1. The minimum atomic E-state index is -5.06. The predicted molar refractivity (Wildman–Crippen MR) is 128 cm³/mol. The summed E-state index contributed by atoms with van der Waals surface area (Å²) in [4.78, 5) is 14.5. The first-order chi connectivity index (χ1) is 18.2. The number of pyridine rings is 1. The van der Waals surface area contributed by atoms with E-state index in [2.05, 4.69) is 9.72 Å². The van der Waals surface area contributed by atoms with Crippen molar-refractivity contribution in [3.63, 3.8) is 0 Å². The van der Waals surface area contributed by atoms with E-state index in [1.54, 1.807) is 0 Å². The van der Waals surface area contributed by atoms with Crippen molar-refractivity contribution in [2.75, 3.05) is 4.31 Å². The van der Waals surface area contributed by atoms with Crippen molar-refractivity contribution < 1.29 is 80.4 Å². The van der Waals surface area contributed by atoms with E-state index < -0.39 is 57.1 Å². The maximum Gasteiger partial charge on any atom is 1.00 e. The molecule has 0 fully saturated rings. The molecule has 0 spiro atoms. The number of sulfonamides is 1. The summed E-state index contributed by atoms with van der Waals surface area (Å²) in [5, 5.41) is 8.86. The van der Waals surface area contributed by atoms with E-state index in [0.29, 0.717) is 4.31 Å². The van der Waals surface area contributed by atoms with Crippen LogP contribution in [0.3, 0.4) is 0 Å². The Kier molecular flexibility index (Phi) is 9.09. The van der Waals surface area contributed by atoms with Crippen molar-refractivity contribution in [3.05, 3.63) is 95.7 Å². The number of aromatic nitrogens is 1. The molecule has 0 aliphatic carbocycles. The predicted octanol–water partition coefficient (Wildman–Crippen LogP) is 3.36. The van der Waals surface area contributed by atoms with Gasteiger partial charge in [-0.05, 0) is 47.3 Å². The Bertz CT molecular complexity index is 1630. The number of alkyl halides is 6. The molecule has 1 heterocycles. The maximum absolute atomic E-state index is 14.4. The van der Waals surface area contributed by atoms with Crippen LogP contribution in [0.25, 0.3) is 10.8 Å².